The lowest BCUT2D eigenvalue weighted by atomic mass is 10.3. The first kappa shape index (κ1) is 12.7. The minimum absolute atomic E-state index is 0.287. The summed E-state index contributed by atoms with van der Waals surface area (Å²) in [7, 11) is 0. The van der Waals surface area contributed by atoms with Crippen molar-refractivity contribution in [3.05, 3.63) is 57.9 Å². The Labute approximate surface area is 114 Å². The van der Waals surface area contributed by atoms with E-state index in [9.17, 15) is 4.79 Å². The summed E-state index contributed by atoms with van der Waals surface area (Å²) in [4.78, 5) is 12.6. The topological polar surface area (TPSA) is 41.1 Å². The zero-order valence-electron chi connectivity index (χ0n) is 9.39. The van der Waals surface area contributed by atoms with Crippen LogP contribution in [0.3, 0.4) is 0 Å². The summed E-state index contributed by atoms with van der Waals surface area (Å²) in [6.07, 6.45) is 3.45. The smallest absolute Gasteiger partial charge is 0.314 e. The molecule has 2 aromatic rings. The average molecular weight is 279 g/mol. The molecule has 2 amide bonds. The maximum atomic E-state index is 11.5. The predicted molar refractivity (Wildman–Crippen MR) is 77.0 cm³/mol. The third-order valence-electron chi connectivity index (χ3n) is 2.11. The van der Waals surface area contributed by atoms with Crippen molar-refractivity contribution in [1.29, 1.82) is 0 Å². The van der Waals surface area contributed by atoms with Gasteiger partial charge in [0.15, 0.2) is 0 Å². The van der Waals surface area contributed by atoms with Crippen molar-refractivity contribution in [1.82, 2.24) is 5.32 Å². The molecule has 92 valence electrons. The molecule has 0 atom stereocenters. The third kappa shape index (κ3) is 3.91. The van der Waals surface area contributed by atoms with E-state index in [1.807, 2.05) is 23.6 Å². The molecule has 0 radical (unpaired) electrons. The lowest BCUT2D eigenvalue weighted by molar-refractivity contribution is 0.255. The van der Waals surface area contributed by atoms with Gasteiger partial charge in [-0.15, -0.1) is 11.3 Å². The molecule has 1 aromatic carbocycles. The largest absolute Gasteiger partial charge is 0.323 e. The van der Waals surface area contributed by atoms with Crippen LogP contribution >= 0.6 is 22.9 Å². The number of halogens is 1. The quantitative estimate of drug-likeness (QED) is 0.868. The van der Waals surface area contributed by atoms with E-state index < -0.39 is 0 Å². The fourth-order valence-corrected chi connectivity index (χ4v) is 2.03. The molecule has 2 rings (SSSR count). The standard InChI is InChI=1S/C13H11ClN2OS/c14-10-3-5-11(6-4-10)16-13(17)15-8-7-12-2-1-9-18-12/h1-9H,(H2,15,16,17)/b8-7+. The number of hydrogen-bond donors (Lipinski definition) is 2. The van der Waals surface area contributed by atoms with E-state index in [-0.39, 0.29) is 6.03 Å². The zero-order chi connectivity index (χ0) is 12.8. The minimum Gasteiger partial charge on any atom is -0.314 e. The fraction of sp³-hybridized carbons (Fsp3) is 0. The predicted octanol–water partition coefficient (Wildman–Crippen LogP) is 4.19. The number of anilines is 1. The van der Waals surface area contributed by atoms with Gasteiger partial charge in [-0.1, -0.05) is 17.7 Å². The summed E-state index contributed by atoms with van der Waals surface area (Å²) in [6, 6.07) is 10.6. The number of amides is 2. The van der Waals surface area contributed by atoms with Crippen molar-refractivity contribution in [2.45, 2.75) is 0 Å². The Morgan fingerprint density at radius 3 is 2.67 bits per heavy atom. The SMILES string of the molecule is O=C(N/C=C/c1cccs1)Nc1ccc(Cl)cc1. The number of urea groups is 1. The van der Waals surface area contributed by atoms with Crippen molar-refractivity contribution < 1.29 is 4.79 Å². The molecule has 18 heavy (non-hydrogen) atoms. The van der Waals surface area contributed by atoms with Gasteiger partial charge in [-0.05, 0) is 41.8 Å². The van der Waals surface area contributed by atoms with Crippen LogP contribution in [0.15, 0.2) is 48.0 Å². The van der Waals surface area contributed by atoms with Crippen LogP contribution in [0, 0.1) is 0 Å². The number of rotatable bonds is 3. The highest BCUT2D eigenvalue weighted by molar-refractivity contribution is 7.10. The Bertz CT molecular complexity index is 535. The van der Waals surface area contributed by atoms with E-state index >= 15 is 0 Å². The van der Waals surface area contributed by atoms with E-state index in [0.29, 0.717) is 10.7 Å². The van der Waals surface area contributed by atoms with Crippen LogP contribution in [-0.2, 0) is 0 Å². The second kappa shape index (κ2) is 6.23. The molecule has 0 aliphatic carbocycles. The van der Waals surface area contributed by atoms with Crippen LogP contribution in [0.1, 0.15) is 4.88 Å². The first-order valence-corrected chi connectivity index (χ1v) is 6.53. The van der Waals surface area contributed by atoms with Gasteiger partial charge in [0.05, 0.1) is 0 Å². The Morgan fingerprint density at radius 1 is 1.22 bits per heavy atom. The van der Waals surface area contributed by atoms with Crippen molar-refractivity contribution in [3.8, 4) is 0 Å². The van der Waals surface area contributed by atoms with Crippen LogP contribution in [-0.4, -0.2) is 6.03 Å². The number of benzene rings is 1. The van der Waals surface area contributed by atoms with Crippen molar-refractivity contribution in [2.75, 3.05) is 5.32 Å². The van der Waals surface area contributed by atoms with E-state index in [1.54, 1.807) is 41.8 Å². The normalized spacial score (nSPS) is 10.5. The van der Waals surface area contributed by atoms with Gasteiger partial charge in [0.2, 0.25) is 0 Å². The van der Waals surface area contributed by atoms with Crippen LogP contribution in [0.25, 0.3) is 6.08 Å². The molecule has 3 nitrogen and oxygen atoms in total. The van der Waals surface area contributed by atoms with Crippen molar-refractivity contribution in [2.24, 2.45) is 0 Å². The van der Waals surface area contributed by atoms with Gasteiger partial charge in [-0.2, -0.15) is 0 Å². The maximum Gasteiger partial charge on any atom is 0.323 e. The van der Waals surface area contributed by atoms with E-state index in [2.05, 4.69) is 10.6 Å². The van der Waals surface area contributed by atoms with Crippen LogP contribution in [0.5, 0.6) is 0 Å². The lowest BCUT2D eigenvalue weighted by Gasteiger charge is -2.03. The van der Waals surface area contributed by atoms with Crippen LogP contribution in [0.4, 0.5) is 10.5 Å². The van der Waals surface area contributed by atoms with Crippen molar-refractivity contribution in [3.63, 3.8) is 0 Å². The highest BCUT2D eigenvalue weighted by atomic mass is 35.5. The summed E-state index contributed by atoms with van der Waals surface area (Å²) in [5.41, 5.74) is 0.696. The summed E-state index contributed by atoms with van der Waals surface area (Å²) < 4.78 is 0. The van der Waals surface area contributed by atoms with E-state index in [0.717, 1.165) is 4.88 Å². The van der Waals surface area contributed by atoms with Crippen LogP contribution < -0.4 is 10.6 Å². The van der Waals surface area contributed by atoms with Crippen LogP contribution in [0.2, 0.25) is 5.02 Å². The molecule has 0 bridgehead atoms. The second-order valence-electron chi connectivity index (χ2n) is 3.45. The molecule has 5 heteroatoms. The summed E-state index contributed by atoms with van der Waals surface area (Å²) in [5, 5.41) is 7.94. The Balaban J connectivity index is 1.84. The van der Waals surface area contributed by atoms with Gasteiger partial charge in [-0.3, -0.25) is 0 Å². The molecular formula is C13H11ClN2OS. The van der Waals surface area contributed by atoms with Gasteiger partial charge in [0.25, 0.3) is 0 Å². The average Bonchev–Trinajstić information content (AvgIpc) is 2.85. The van der Waals surface area contributed by atoms with Gasteiger partial charge < -0.3 is 10.6 Å². The molecule has 0 fully saturated rings. The monoisotopic (exact) mass is 278 g/mol. The van der Waals surface area contributed by atoms with Gasteiger partial charge >= 0.3 is 6.03 Å². The summed E-state index contributed by atoms with van der Waals surface area (Å²) >= 11 is 7.36. The molecular weight excluding hydrogens is 268 g/mol. The molecule has 0 aliphatic heterocycles. The lowest BCUT2D eigenvalue weighted by Crippen LogP contribution is -2.23. The summed E-state index contributed by atoms with van der Waals surface area (Å²) in [5.74, 6) is 0. The second-order valence-corrected chi connectivity index (χ2v) is 4.87. The Morgan fingerprint density at radius 2 is 2.00 bits per heavy atom. The number of hydrogen-bond acceptors (Lipinski definition) is 2. The molecule has 0 unspecified atom stereocenters. The summed E-state index contributed by atoms with van der Waals surface area (Å²) in [6.45, 7) is 0. The van der Waals surface area contributed by atoms with Gasteiger partial charge in [0, 0.05) is 21.8 Å². The fourth-order valence-electron chi connectivity index (χ4n) is 1.29. The maximum absolute atomic E-state index is 11.5. The number of thiophene rings is 1. The molecule has 0 spiro atoms. The molecule has 1 heterocycles. The van der Waals surface area contributed by atoms with E-state index in [1.165, 1.54) is 0 Å². The third-order valence-corrected chi connectivity index (χ3v) is 3.20. The highest BCUT2D eigenvalue weighted by Gasteiger charge is 1.98. The first-order chi connectivity index (χ1) is 8.74. The molecule has 0 aliphatic rings. The Kier molecular flexibility index (Phi) is 4.39. The number of carbonyl (C=O) groups excluding carboxylic acids is 1. The zero-order valence-corrected chi connectivity index (χ0v) is 11.0. The number of carbonyl (C=O) groups is 1. The van der Waals surface area contributed by atoms with E-state index in [4.69, 9.17) is 11.6 Å². The van der Waals surface area contributed by atoms with Gasteiger partial charge in [-0.25, -0.2) is 4.79 Å². The number of nitrogens with one attached hydrogen (secondary N) is 2. The molecule has 0 saturated carbocycles. The minimum atomic E-state index is -0.287. The molecule has 1 aromatic heterocycles. The molecule has 2 N–H and O–H groups in total. The first-order valence-electron chi connectivity index (χ1n) is 5.27. The van der Waals surface area contributed by atoms with Crippen molar-refractivity contribution >= 4 is 40.7 Å². The Hall–Kier alpha value is -1.78. The molecule has 0 saturated heterocycles. The van der Waals surface area contributed by atoms with Gasteiger partial charge in [0.1, 0.15) is 0 Å². The highest BCUT2D eigenvalue weighted by Crippen LogP contribution is 2.13.